The number of carbonyl (C=O) groups is 2. The molecule has 144 valence electrons. The zero-order valence-electron chi connectivity index (χ0n) is 16.1. The standard InChI is InChI=1S/C20H31N3O3/c1-4-5-8-11-21-18(24)20(2,3)19(25)22-16-9-6-7-10-17(16)23-12-14-26-15-13-23/h6-7,9-10H,4-5,8,11-15H2,1-3H3,(H,21,24)(H,22,25). The van der Waals surface area contributed by atoms with Crippen LogP contribution in [0.3, 0.4) is 0 Å². The first-order valence-electron chi connectivity index (χ1n) is 9.48. The lowest BCUT2D eigenvalue weighted by Gasteiger charge is -2.31. The van der Waals surface area contributed by atoms with E-state index in [1.165, 1.54) is 0 Å². The average molecular weight is 361 g/mol. The van der Waals surface area contributed by atoms with Crippen molar-refractivity contribution in [3.63, 3.8) is 0 Å². The normalized spacial score (nSPS) is 14.8. The van der Waals surface area contributed by atoms with Gasteiger partial charge in [0.05, 0.1) is 24.6 Å². The number of nitrogens with zero attached hydrogens (tertiary/aromatic N) is 1. The Morgan fingerprint density at radius 2 is 1.81 bits per heavy atom. The molecule has 0 saturated carbocycles. The molecule has 1 fully saturated rings. The van der Waals surface area contributed by atoms with Crippen LogP contribution < -0.4 is 15.5 Å². The summed E-state index contributed by atoms with van der Waals surface area (Å²) in [5.74, 6) is -0.541. The predicted molar refractivity (Wildman–Crippen MR) is 104 cm³/mol. The van der Waals surface area contributed by atoms with Gasteiger partial charge < -0.3 is 20.3 Å². The number of anilines is 2. The number of rotatable bonds is 8. The highest BCUT2D eigenvalue weighted by Crippen LogP contribution is 2.28. The molecule has 0 spiro atoms. The number of amides is 2. The lowest BCUT2D eigenvalue weighted by atomic mass is 9.90. The van der Waals surface area contributed by atoms with Crippen molar-refractivity contribution in [1.82, 2.24) is 5.32 Å². The number of nitrogens with one attached hydrogen (secondary N) is 2. The average Bonchev–Trinajstić information content (AvgIpc) is 2.66. The number of ether oxygens (including phenoxy) is 1. The van der Waals surface area contributed by atoms with Gasteiger partial charge in [0.15, 0.2) is 0 Å². The van der Waals surface area contributed by atoms with Gasteiger partial charge in [0.1, 0.15) is 5.41 Å². The van der Waals surface area contributed by atoms with Gasteiger partial charge in [0.25, 0.3) is 0 Å². The van der Waals surface area contributed by atoms with E-state index in [-0.39, 0.29) is 11.8 Å². The Kier molecular flexibility index (Phi) is 7.45. The SMILES string of the molecule is CCCCCNC(=O)C(C)(C)C(=O)Nc1ccccc1N1CCOCC1. The van der Waals surface area contributed by atoms with Crippen molar-refractivity contribution >= 4 is 23.2 Å². The number of benzene rings is 1. The summed E-state index contributed by atoms with van der Waals surface area (Å²) < 4.78 is 5.40. The van der Waals surface area contributed by atoms with Gasteiger partial charge in [-0.1, -0.05) is 31.9 Å². The van der Waals surface area contributed by atoms with Crippen molar-refractivity contribution in [2.75, 3.05) is 43.1 Å². The number of unbranched alkanes of at least 4 members (excludes halogenated alkanes) is 2. The van der Waals surface area contributed by atoms with E-state index in [9.17, 15) is 9.59 Å². The zero-order valence-corrected chi connectivity index (χ0v) is 16.1. The Bertz CT molecular complexity index is 610. The highest BCUT2D eigenvalue weighted by molar-refractivity contribution is 6.10. The molecule has 1 aliphatic rings. The van der Waals surface area contributed by atoms with Gasteiger partial charge in [-0.3, -0.25) is 9.59 Å². The molecule has 0 aromatic heterocycles. The van der Waals surface area contributed by atoms with Crippen molar-refractivity contribution in [3.05, 3.63) is 24.3 Å². The minimum Gasteiger partial charge on any atom is -0.378 e. The Morgan fingerprint density at radius 1 is 1.12 bits per heavy atom. The third-order valence-electron chi connectivity index (χ3n) is 4.71. The first-order valence-corrected chi connectivity index (χ1v) is 9.48. The molecule has 0 atom stereocenters. The van der Waals surface area contributed by atoms with Crippen molar-refractivity contribution in [2.45, 2.75) is 40.0 Å². The van der Waals surface area contributed by atoms with Crippen LogP contribution in [0.1, 0.15) is 40.0 Å². The highest BCUT2D eigenvalue weighted by atomic mass is 16.5. The molecule has 2 N–H and O–H groups in total. The van der Waals surface area contributed by atoms with Crippen LogP contribution in [0.5, 0.6) is 0 Å². The summed E-state index contributed by atoms with van der Waals surface area (Å²) in [7, 11) is 0. The topological polar surface area (TPSA) is 70.7 Å². The van der Waals surface area contributed by atoms with Crippen LogP contribution in [-0.4, -0.2) is 44.7 Å². The second kappa shape index (κ2) is 9.57. The molecule has 2 amide bonds. The maximum atomic E-state index is 12.8. The minimum absolute atomic E-state index is 0.241. The van der Waals surface area contributed by atoms with Crippen molar-refractivity contribution < 1.29 is 14.3 Å². The van der Waals surface area contributed by atoms with E-state index < -0.39 is 5.41 Å². The lowest BCUT2D eigenvalue weighted by molar-refractivity contribution is -0.138. The van der Waals surface area contributed by atoms with Gasteiger partial charge in [-0.2, -0.15) is 0 Å². The van der Waals surface area contributed by atoms with E-state index >= 15 is 0 Å². The quantitative estimate of drug-likeness (QED) is 0.552. The van der Waals surface area contributed by atoms with E-state index in [1.807, 2.05) is 24.3 Å². The van der Waals surface area contributed by atoms with Crippen LogP contribution in [0.15, 0.2) is 24.3 Å². The highest BCUT2D eigenvalue weighted by Gasteiger charge is 2.36. The molecule has 1 aromatic rings. The third-order valence-corrected chi connectivity index (χ3v) is 4.71. The Labute approximate surface area is 156 Å². The zero-order chi connectivity index (χ0) is 19.0. The Hall–Kier alpha value is -2.08. The fraction of sp³-hybridized carbons (Fsp3) is 0.600. The van der Waals surface area contributed by atoms with Crippen LogP contribution in [-0.2, 0) is 14.3 Å². The molecule has 0 aliphatic carbocycles. The maximum Gasteiger partial charge on any atom is 0.239 e. The number of hydrogen-bond acceptors (Lipinski definition) is 4. The molecular formula is C20H31N3O3. The monoisotopic (exact) mass is 361 g/mol. The molecule has 1 aromatic carbocycles. The van der Waals surface area contributed by atoms with Gasteiger partial charge >= 0.3 is 0 Å². The summed E-state index contributed by atoms with van der Waals surface area (Å²) in [5.41, 5.74) is 0.555. The van der Waals surface area contributed by atoms with Crippen molar-refractivity contribution in [1.29, 1.82) is 0 Å². The van der Waals surface area contributed by atoms with Gasteiger partial charge in [-0.05, 0) is 32.4 Å². The van der Waals surface area contributed by atoms with Gasteiger partial charge in [-0.25, -0.2) is 0 Å². The van der Waals surface area contributed by atoms with Crippen molar-refractivity contribution in [3.8, 4) is 0 Å². The summed E-state index contributed by atoms with van der Waals surface area (Å²) >= 11 is 0. The summed E-state index contributed by atoms with van der Waals surface area (Å²) in [6.07, 6.45) is 3.09. The van der Waals surface area contributed by atoms with Crippen LogP contribution in [0.25, 0.3) is 0 Å². The van der Waals surface area contributed by atoms with Crippen LogP contribution in [0, 0.1) is 5.41 Å². The third kappa shape index (κ3) is 5.21. The van der Waals surface area contributed by atoms with Crippen LogP contribution >= 0.6 is 0 Å². The molecule has 1 heterocycles. The predicted octanol–water partition coefficient (Wildman–Crippen LogP) is 2.79. The molecule has 0 unspecified atom stereocenters. The molecule has 6 nitrogen and oxygen atoms in total. The van der Waals surface area contributed by atoms with E-state index in [0.29, 0.717) is 19.8 Å². The van der Waals surface area contributed by atoms with Crippen LogP contribution in [0.4, 0.5) is 11.4 Å². The second-order valence-corrected chi connectivity index (χ2v) is 7.16. The molecule has 0 radical (unpaired) electrons. The Morgan fingerprint density at radius 3 is 2.50 bits per heavy atom. The Balaban J connectivity index is 2.02. The molecule has 26 heavy (non-hydrogen) atoms. The molecule has 6 heteroatoms. The van der Waals surface area contributed by atoms with E-state index in [1.54, 1.807) is 13.8 Å². The molecule has 2 rings (SSSR count). The fourth-order valence-electron chi connectivity index (χ4n) is 2.84. The summed E-state index contributed by atoms with van der Waals surface area (Å²) in [6, 6.07) is 7.69. The van der Waals surface area contributed by atoms with E-state index in [2.05, 4.69) is 22.5 Å². The maximum absolute atomic E-state index is 12.8. The van der Waals surface area contributed by atoms with Crippen LogP contribution in [0.2, 0.25) is 0 Å². The number of morpholine rings is 1. The summed E-state index contributed by atoms with van der Waals surface area (Å²) in [5, 5.41) is 5.82. The number of para-hydroxylation sites is 2. The molecule has 1 aliphatic heterocycles. The second-order valence-electron chi connectivity index (χ2n) is 7.16. The van der Waals surface area contributed by atoms with Gasteiger partial charge in [0.2, 0.25) is 11.8 Å². The van der Waals surface area contributed by atoms with E-state index in [0.717, 1.165) is 43.7 Å². The first kappa shape index (κ1) is 20.2. The van der Waals surface area contributed by atoms with E-state index in [4.69, 9.17) is 4.74 Å². The molecule has 1 saturated heterocycles. The van der Waals surface area contributed by atoms with Crippen molar-refractivity contribution in [2.24, 2.45) is 5.41 Å². The molecule has 0 bridgehead atoms. The minimum atomic E-state index is -1.13. The molecular weight excluding hydrogens is 330 g/mol. The first-order chi connectivity index (χ1) is 12.5. The lowest BCUT2D eigenvalue weighted by Crippen LogP contribution is -2.45. The van der Waals surface area contributed by atoms with Gasteiger partial charge in [-0.15, -0.1) is 0 Å². The van der Waals surface area contributed by atoms with Gasteiger partial charge in [0, 0.05) is 19.6 Å². The number of carbonyl (C=O) groups excluding carboxylic acids is 2. The largest absolute Gasteiger partial charge is 0.378 e. The fourth-order valence-corrected chi connectivity index (χ4v) is 2.84. The smallest absolute Gasteiger partial charge is 0.239 e. The summed E-state index contributed by atoms with van der Waals surface area (Å²) in [4.78, 5) is 27.4. The number of hydrogen-bond donors (Lipinski definition) is 2. The summed E-state index contributed by atoms with van der Waals surface area (Å²) in [6.45, 7) is 8.97.